The number of fused-ring (bicyclic) bond motifs is 3. The molecule has 0 saturated heterocycles. The van der Waals surface area contributed by atoms with Gasteiger partial charge in [-0.25, -0.2) is 4.99 Å². The van der Waals surface area contributed by atoms with Gasteiger partial charge in [-0.05, 0) is 42.3 Å². The Kier molecular flexibility index (Phi) is 6.22. The summed E-state index contributed by atoms with van der Waals surface area (Å²) >= 11 is 7.53. The summed E-state index contributed by atoms with van der Waals surface area (Å²) in [5, 5.41) is 3.92. The highest BCUT2D eigenvalue weighted by Gasteiger charge is 2.41. The van der Waals surface area contributed by atoms with Gasteiger partial charge in [-0.15, -0.1) is 0 Å². The molecule has 2 heterocycles. The van der Waals surface area contributed by atoms with Crippen LogP contribution in [0.5, 0.6) is 0 Å². The molecular formula is C26H21ClN4O2S. The molecule has 2 aliphatic heterocycles. The van der Waals surface area contributed by atoms with Crippen LogP contribution in [0.3, 0.4) is 0 Å². The van der Waals surface area contributed by atoms with E-state index < -0.39 is 6.04 Å². The molecule has 34 heavy (non-hydrogen) atoms. The Hall–Kier alpha value is -3.42. The number of aryl methyl sites for hydroxylation is 1. The van der Waals surface area contributed by atoms with Crippen molar-refractivity contribution in [3.05, 3.63) is 94.5 Å². The van der Waals surface area contributed by atoms with Crippen LogP contribution in [0.1, 0.15) is 16.7 Å². The number of benzene rings is 3. The van der Waals surface area contributed by atoms with Crippen molar-refractivity contribution < 1.29 is 9.59 Å². The average molecular weight is 489 g/mol. The topological polar surface area (TPSA) is 74.1 Å². The Bertz CT molecular complexity index is 1340. The Labute approximate surface area is 206 Å². The summed E-state index contributed by atoms with van der Waals surface area (Å²) in [7, 11) is 0. The quantitative estimate of drug-likeness (QED) is 0.534. The lowest BCUT2D eigenvalue weighted by Gasteiger charge is -2.31. The van der Waals surface area contributed by atoms with Crippen molar-refractivity contribution in [2.24, 2.45) is 9.98 Å². The molecule has 2 aliphatic rings. The summed E-state index contributed by atoms with van der Waals surface area (Å²) in [5.74, 6) is 0.281. The van der Waals surface area contributed by atoms with Gasteiger partial charge in [0.1, 0.15) is 11.9 Å². The average Bonchev–Trinajstić information content (AvgIpc) is 3.16. The number of nitrogens with zero attached hydrogens (tertiary/aromatic N) is 3. The number of hydrogen-bond acceptors (Lipinski definition) is 5. The van der Waals surface area contributed by atoms with E-state index in [-0.39, 0.29) is 17.6 Å². The summed E-state index contributed by atoms with van der Waals surface area (Å²) in [6.45, 7) is 1.94. The smallest absolute Gasteiger partial charge is 0.271 e. The molecule has 3 aromatic rings. The number of carbonyl (C=O) groups is 2. The minimum atomic E-state index is -0.508. The lowest BCUT2D eigenvalue weighted by atomic mass is 10.0. The maximum atomic E-state index is 13.0. The molecule has 0 fully saturated rings. The van der Waals surface area contributed by atoms with E-state index in [1.165, 1.54) is 11.8 Å². The normalized spacial score (nSPS) is 16.5. The summed E-state index contributed by atoms with van der Waals surface area (Å²) in [6, 6.07) is 22.4. The highest BCUT2D eigenvalue weighted by molar-refractivity contribution is 8.14. The van der Waals surface area contributed by atoms with Crippen LogP contribution in [-0.4, -0.2) is 39.5 Å². The molecule has 0 aromatic heterocycles. The Morgan fingerprint density at radius 1 is 1.06 bits per heavy atom. The Morgan fingerprint density at radius 3 is 2.62 bits per heavy atom. The number of anilines is 1. The summed E-state index contributed by atoms with van der Waals surface area (Å²) in [5.41, 5.74) is 4.16. The van der Waals surface area contributed by atoms with Gasteiger partial charge in [0.05, 0.1) is 22.2 Å². The van der Waals surface area contributed by atoms with Crippen LogP contribution in [-0.2, 0) is 16.0 Å². The van der Waals surface area contributed by atoms with Crippen molar-refractivity contribution in [3.8, 4) is 0 Å². The SMILES string of the molecule is Cc1ccc(NC(=O)CSC2=Nc3ccccc3C3=NC(=O)C(Cc4ccccc4)N23)c(Cl)c1. The molecule has 0 radical (unpaired) electrons. The van der Waals surface area contributed by atoms with Gasteiger partial charge in [0, 0.05) is 12.0 Å². The van der Waals surface area contributed by atoms with Gasteiger partial charge in [-0.3, -0.25) is 14.5 Å². The number of nitrogens with one attached hydrogen (secondary N) is 1. The summed E-state index contributed by atoms with van der Waals surface area (Å²) in [4.78, 5) is 36.7. The molecule has 3 aromatic carbocycles. The lowest BCUT2D eigenvalue weighted by Crippen LogP contribution is -2.45. The van der Waals surface area contributed by atoms with Crippen molar-refractivity contribution in [1.82, 2.24) is 4.90 Å². The molecule has 5 rings (SSSR count). The third-order valence-electron chi connectivity index (χ3n) is 5.61. The molecule has 1 atom stereocenters. The standard InChI is InChI=1S/C26H21ClN4O2S/c1-16-11-12-21(19(27)13-16)28-23(32)15-34-26-29-20-10-6-5-9-18(20)24-30-25(33)22(31(24)26)14-17-7-3-2-4-8-17/h2-13,22H,14-15H2,1H3,(H,28,32). The van der Waals surface area contributed by atoms with Crippen LogP contribution in [0.2, 0.25) is 5.02 Å². The largest absolute Gasteiger partial charge is 0.324 e. The molecule has 8 heteroatoms. The lowest BCUT2D eigenvalue weighted by molar-refractivity contribution is -0.119. The first-order valence-corrected chi connectivity index (χ1v) is 12.2. The van der Waals surface area contributed by atoms with Gasteiger partial charge < -0.3 is 5.32 Å². The fourth-order valence-corrected chi connectivity index (χ4v) is 5.11. The maximum absolute atomic E-state index is 13.0. The Balaban J connectivity index is 1.39. The van der Waals surface area contributed by atoms with Gasteiger partial charge in [-0.2, -0.15) is 4.99 Å². The van der Waals surface area contributed by atoms with Gasteiger partial charge in [-0.1, -0.05) is 71.9 Å². The molecule has 170 valence electrons. The molecule has 0 spiro atoms. The molecule has 1 unspecified atom stereocenters. The second-order valence-corrected chi connectivity index (χ2v) is 9.43. The van der Waals surface area contributed by atoms with Crippen LogP contribution >= 0.6 is 23.4 Å². The fraction of sp³-hybridized carbons (Fsp3) is 0.154. The number of hydrogen-bond donors (Lipinski definition) is 1. The van der Waals surface area contributed by atoms with Crippen LogP contribution in [0.25, 0.3) is 0 Å². The summed E-state index contributed by atoms with van der Waals surface area (Å²) < 4.78 is 0. The highest BCUT2D eigenvalue weighted by Crippen LogP contribution is 2.35. The predicted molar refractivity (Wildman–Crippen MR) is 138 cm³/mol. The molecule has 0 aliphatic carbocycles. The van der Waals surface area contributed by atoms with Crippen molar-refractivity contribution in [3.63, 3.8) is 0 Å². The van der Waals surface area contributed by atoms with Gasteiger partial charge in [0.2, 0.25) is 5.91 Å². The first-order valence-electron chi connectivity index (χ1n) is 10.8. The third kappa shape index (κ3) is 4.49. The van der Waals surface area contributed by atoms with E-state index in [2.05, 4.69) is 10.3 Å². The van der Waals surface area contributed by atoms with E-state index in [0.29, 0.717) is 28.1 Å². The summed E-state index contributed by atoms with van der Waals surface area (Å²) in [6.07, 6.45) is 0.500. The van der Waals surface area contributed by atoms with E-state index in [4.69, 9.17) is 16.6 Å². The molecule has 1 N–H and O–H groups in total. The first-order chi connectivity index (χ1) is 16.5. The van der Waals surface area contributed by atoms with E-state index in [9.17, 15) is 9.59 Å². The van der Waals surface area contributed by atoms with Crippen molar-refractivity contribution in [1.29, 1.82) is 0 Å². The predicted octanol–water partition coefficient (Wildman–Crippen LogP) is 5.22. The minimum absolute atomic E-state index is 0.112. The molecular weight excluding hydrogens is 468 g/mol. The van der Waals surface area contributed by atoms with Crippen molar-refractivity contribution in [2.75, 3.05) is 11.1 Å². The van der Waals surface area contributed by atoms with Crippen LogP contribution < -0.4 is 5.32 Å². The number of rotatable bonds is 5. The highest BCUT2D eigenvalue weighted by atomic mass is 35.5. The van der Waals surface area contributed by atoms with Crippen LogP contribution in [0.15, 0.2) is 82.8 Å². The molecule has 2 amide bonds. The zero-order valence-corrected chi connectivity index (χ0v) is 19.9. The van der Waals surface area contributed by atoms with Crippen LogP contribution in [0, 0.1) is 6.92 Å². The number of thioether (sulfide) groups is 1. The number of amides is 2. The van der Waals surface area contributed by atoms with Gasteiger partial charge in [0.15, 0.2) is 5.17 Å². The molecule has 6 nitrogen and oxygen atoms in total. The monoisotopic (exact) mass is 488 g/mol. The number of amidine groups is 2. The third-order valence-corrected chi connectivity index (χ3v) is 6.88. The molecule has 0 saturated carbocycles. The zero-order valence-electron chi connectivity index (χ0n) is 18.4. The van der Waals surface area contributed by atoms with Gasteiger partial charge in [0.25, 0.3) is 5.91 Å². The second kappa shape index (κ2) is 9.44. The van der Waals surface area contributed by atoms with Crippen molar-refractivity contribution >= 4 is 57.6 Å². The molecule has 0 bridgehead atoms. The van der Waals surface area contributed by atoms with E-state index >= 15 is 0 Å². The number of halogens is 1. The van der Waals surface area contributed by atoms with E-state index in [1.807, 2.05) is 72.5 Å². The van der Waals surface area contributed by atoms with Gasteiger partial charge >= 0.3 is 0 Å². The fourth-order valence-electron chi connectivity index (χ4n) is 3.98. The zero-order chi connectivity index (χ0) is 23.7. The number of carbonyl (C=O) groups excluding carboxylic acids is 2. The Morgan fingerprint density at radius 2 is 1.82 bits per heavy atom. The van der Waals surface area contributed by atoms with E-state index in [1.54, 1.807) is 12.1 Å². The maximum Gasteiger partial charge on any atom is 0.271 e. The number of para-hydroxylation sites is 1. The first kappa shape index (κ1) is 22.4. The van der Waals surface area contributed by atoms with E-state index in [0.717, 1.165) is 22.4 Å². The second-order valence-electron chi connectivity index (χ2n) is 8.08. The number of aliphatic imine (C=N–C) groups is 2. The van der Waals surface area contributed by atoms with Crippen molar-refractivity contribution in [2.45, 2.75) is 19.4 Å². The van der Waals surface area contributed by atoms with Crippen LogP contribution in [0.4, 0.5) is 11.4 Å². The minimum Gasteiger partial charge on any atom is -0.324 e.